The number of imidazole rings is 1. The van der Waals surface area contributed by atoms with Gasteiger partial charge in [-0.2, -0.15) is 0 Å². The molecule has 0 spiro atoms. The molecule has 8 nitrogen and oxygen atoms in total. The first-order valence-electron chi connectivity index (χ1n) is 11.1. The van der Waals surface area contributed by atoms with Crippen molar-refractivity contribution in [1.29, 1.82) is 0 Å². The van der Waals surface area contributed by atoms with Gasteiger partial charge in [0.25, 0.3) is 5.56 Å². The highest BCUT2D eigenvalue weighted by atomic mass is 19.1. The summed E-state index contributed by atoms with van der Waals surface area (Å²) >= 11 is 0. The third-order valence-corrected chi connectivity index (χ3v) is 4.87. The topological polar surface area (TPSA) is 101 Å². The molecule has 31 heavy (non-hydrogen) atoms. The van der Waals surface area contributed by atoms with Gasteiger partial charge in [-0.05, 0) is 30.7 Å². The molecule has 3 aromatic heterocycles. The molecule has 9 heteroatoms. The van der Waals surface area contributed by atoms with Crippen molar-refractivity contribution in [3.63, 3.8) is 0 Å². The zero-order valence-electron chi connectivity index (χ0n) is 19.3. The molecule has 0 saturated heterocycles. The monoisotopic (exact) mass is 418 g/mol. The van der Waals surface area contributed by atoms with Gasteiger partial charge in [0.1, 0.15) is 31.6 Å². The SMILES string of the molecule is [2H]c1nc(N[C@@]([2H])(CC)c2nc3cccc(F)c3c(=O)n2-c2ccccc2)c2nc([2H])[nH]c2n1. The third kappa shape index (κ3) is 3.20. The number of halogens is 1. The van der Waals surface area contributed by atoms with E-state index in [0.29, 0.717) is 5.69 Å². The van der Waals surface area contributed by atoms with Crippen LogP contribution in [0.15, 0.2) is 65.9 Å². The van der Waals surface area contributed by atoms with Gasteiger partial charge in [0, 0.05) is 0 Å². The normalized spacial score (nSPS) is 14.7. The van der Waals surface area contributed by atoms with E-state index in [1.165, 1.54) is 22.8 Å². The van der Waals surface area contributed by atoms with E-state index in [2.05, 4.69) is 30.2 Å². The molecule has 0 unspecified atom stereocenters. The van der Waals surface area contributed by atoms with Gasteiger partial charge in [-0.3, -0.25) is 9.36 Å². The zero-order valence-corrected chi connectivity index (χ0v) is 16.3. The van der Waals surface area contributed by atoms with Crippen LogP contribution in [0.5, 0.6) is 0 Å². The van der Waals surface area contributed by atoms with Crippen LogP contribution in [0.1, 0.15) is 29.3 Å². The van der Waals surface area contributed by atoms with Crippen LogP contribution in [0, 0.1) is 5.82 Å². The second-order valence-electron chi connectivity index (χ2n) is 6.72. The molecule has 0 saturated carbocycles. The number of fused-ring (bicyclic) bond motifs is 2. The maximum atomic E-state index is 14.6. The Morgan fingerprint density at radius 2 is 2.03 bits per heavy atom. The van der Waals surface area contributed by atoms with Crippen molar-refractivity contribution >= 4 is 27.9 Å². The lowest BCUT2D eigenvalue weighted by Crippen LogP contribution is -2.28. The lowest BCUT2D eigenvalue weighted by molar-refractivity contribution is 0.630. The van der Waals surface area contributed by atoms with Crippen molar-refractivity contribution < 1.29 is 8.50 Å². The predicted octanol–water partition coefficient (Wildman–Crippen LogP) is 3.75. The highest BCUT2D eigenvalue weighted by molar-refractivity contribution is 5.82. The smallest absolute Gasteiger partial charge is 0.269 e. The van der Waals surface area contributed by atoms with Gasteiger partial charge in [-0.1, -0.05) is 31.2 Å². The van der Waals surface area contributed by atoms with E-state index < -0.39 is 17.4 Å². The Morgan fingerprint density at radius 3 is 2.84 bits per heavy atom. The summed E-state index contributed by atoms with van der Waals surface area (Å²) in [5, 5.41) is 2.77. The average Bonchev–Trinajstić information content (AvgIpc) is 3.19. The van der Waals surface area contributed by atoms with Gasteiger partial charge in [0.05, 0.1) is 24.9 Å². The maximum absolute atomic E-state index is 14.6. The Morgan fingerprint density at radius 1 is 1.19 bits per heavy atom. The predicted molar refractivity (Wildman–Crippen MR) is 116 cm³/mol. The van der Waals surface area contributed by atoms with E-state index in [4.69, 9.17) is 2.74 Å². The molecule has 5 aromatic rings. The van der Waals surface area contributed by atoms with Crippen molar-refractivity contribution in [2.75, 3.05) is 5.32 Å². The Hall–Kier alpha value is -4.14. The molecule has 154 valence electrons. The summed E-state index contributed by atoms with van der Waals surface area (Å²) in [6.45, 7) is 1.72. The van der Waals surface area contributed by atoms with Crippen molar-refractivity contribution in [3.05, 3.63) is 83.1 Å². The molecule has 0 aliphatic heterocycles. The minimum atomic E-state index is -1.75. The molecule has 1 atom stereocenters. The molecule has 3 heterocycles. The largest absolute Gasteiger partial charge is 0.358 e. The Labute approximate surface area is 180 Å². The molecule has 0 aliphatic rings. The van der Waals surface area contributed by atoms with Gasteiger partial charge in [0.15, 0.2) is 11.5 Å². The number of aromatic nitrogens is 6. The Bertz CT molecular complexity index is 1610. The number of hydrogen-bond donors (Lipinski definition) is 2. The molecule has 0 amide bonds. The lowest BCUT2D eigenvalue weighted by Gasteiger charge is -2.22. The number of H-pyrrole nitrogens is 1. The molecule has 2 N–H and O–H groups in total. The first kappa shape index (κ1) is 15.7. The van der Waals surface area contributed by atoms with Crippen molar-refractivity contribution in [2.24, 2.45) is 0 Å². The number of anilines is 1. The molecule has 5 rings (SSSR count). The first-order valence-corrected chi connectivity index (χ1v) is 9.57. The molecule has 0 aliphatic carbocycles. The van der Waals surface area contributed by atoms with E-state index in [9.17, 15) is 10.6 Å². The lowest BCUT2D eigenvalue weighted by atomic mass is 10.1. The standard InChI is InChI=1S/C22H18FN7O/c1-2-15(28-20-18-19(25-11-24-18)26-12-27-20)21-29-16-10-6-9-14(23)17(16)22(31)30(21)13-7-4-3-5-8-13/h3-12,15H,2H2,1H3,(H2,24,25,26,27,28)/t15-/m0/s1/i11D,12D,15D. The second kappa shape index (κ2) is 7.60. The molecule has 0 fully saturated rings. The van der Waals surface area contributed by atoms with Crippen molar-refractivity contribution in [3.8, 4) is 5.69 Å². The van der Waals surface area contributed by atoms with Crippen LogP contribution in [0.3, 0.4) is 0 Å². The highest BCUT2D eigenvalue weighted by Gasteiger charge is 2.22. The number of nitrogens with one attached hydrogen (secondary N) is 2. The zero-order chi connectivity index (χ0) is 24.0. The Kier molecular flexibility index (Phi) is 3.84. The van der Waals surface area contributed by atoms with Crippen LogP contribution >= 0.6 is 0 Å². The summed E-state index contributed by atoms with van der Waals surface area (Å²) in [6, 6.07) is 11.0. The van der Waals surface area contributed by atoms with E-state index in [0.717, 1.165) is 0 Å². The minimum Gasteiger partial charge on any atom is -0.358 e. The van der Waals surface area contributed by atoms with Gasteiger partial charge in [-0.15, -0.1) is 0 Å². The van der Waals surface area contributed by atoms with Gasteiger partial charge >= 0.3 is 0 Å². The maximum Gasteiger partial charge on any atom is 0.269 e. The van der Waals surface area contributed by atoms with E-state index in [1.807, 2.05) is 0 Å². The van der Waals surface area contributed by atoms with Gasteiger partial charge in [-0.25, -0.2) is 24.3 Å². The molecule has 0 radical (unpaired) electrons. The van der Waals surface area contributed by atoms with Crippen LogP contribution in [0.2, 0.25) is 0 Å². The summed E-state index contributed by atoms with van der Waals surface area (Å²) in [7, 11) is 0. The van der Waals surface area contributed by atoms with Crippen molar-refractivity contribution in [2.45, 2.75) is 19.4 Å². The summed E-state index contributed by atoms with van der Waals surface area (Å²) in [5.74, 6) is -0.666. The molecule has 0 bridgehead atoms. The minimum absolute atomic E-state index is 0.00391. The summed E-state index contributed by atoms with van der Waals surface area (Å²) in [6.07, 6.45) is -0.402. The van der Waals surface area contributed by atoms with Gasteiger partial charge in [0.2, 0.25) is 0 Å². The average molecular weight is 418 g/mol. The molecular weight excluding hydrogens is 397 g/mol. The fourth-order valence-electron chi connectivity index (χ4n) is 3.41. The number of aromatic amines is 1. The molecule has 2 aromatic carbocycles. The highest BCUT2D eigenvalue weighted by Crippen LogP contribution is 2.26. The fourth-order valence-corrected chi connectivity index (χ4v) is 3.41. The quantitative estimate of drug-likeness (QED) is 0.451. The van der Waals surface area contributed by atoms with E-state index in [-0.39, 0.29) is 52.7 Å². The fraction of sp³-hybridized carbons (Fsp3) is 0.136. The van der Waals surface area contributed by atoms with Crippen LogP contribution in [-0.4, -0.2) is 29.5 Å². The van der Waals surface area contributed by atoms with Crippen LogP contribution in [0.4, 0.5) is 10.2 Å². The number of hydrogen-bond acceptors (Lipinski definition) is 6. The number of rotatable bonds is 5. The van der Waals surface area contributed by atoms with E-state index >= 15 is 0 Å². The number of nitrogens with zero attached hydrogens (tertiary/aromatic N) is 5. The van der Waals surface area contributed by atoms with Crippen LogP contribution < -0.4 is 10.9 Å². The van der Waals surface area contributed by atoms with Crippen LogP contribution in [-0.2, 0) is 0 Å². The first-order chi connectivity index (χ1) is 16.3. The van der Waals surface area contributed by atoms with E-state index in [1.54, 1.807) is 37.3 Å². The van der Waals surface area contributed by atoms with Crippen molar-refractivity contribution in [1.82, 2.24) is 29.5 Å². The summed E-state index contributed by atoms with van der Waals surface area (Å²) in [5.41, 5.74) is 0.209. The number of para-hydroxylation sites is 1. The third-order valence-electron chi connectivity index (χ3n) is 4.87. The number of benzene rings is 2. The second-order valence-corrected chi connectivity index (χ2v) is 6.72. The van der Waals surface area contributed by atoms with Gasteiger partial charge < -0.3 is 10.3 Å². The Balaban J connectivity index is 1.79. The summed E-state index contributed by atoms with van der Waals surface area (Å²) < 4.78 is 40.8. The van der Waals surface area contributed by atoms with Crippen LogP contribution in [0.25, 0.3) is 27.8 Å². The molecular formula is C22H18FN7O. The summed E-state index contributed by atoms with van der Waals surface area (Å²) in [4.78, 5) is 32.7.